The summed E-state index contributed by atoms with van der Waals surface area (Å²) in [4.78, 5) is 0. The lowest BCUT2D eigenvalue weighted by Crippen LogP contribution is -2.05. The van der Waals surface area contributed by atoms with E-state index in [1.54, 1.807) is 6.07 Å². The summed E-state index contributed by atoms with van der Waals surface area (Å²) in [6.45, 7) is 2.98. The molecule has 0 aliphatic carbocycles. The van der Waals surface area contributed by atoms with Gasteiger partial charge in [0.1, 0.15) is 12.4 Å². The first-order valence-electron chi connectivity index (χ1n) is 8.17. The zero-order valence-electron chi connectivity index (χ0n) is 14.2. The highest BCUT2D eigenvalue weighted by Gasteiger charge is 2.12. The molecule has 0 aliphatic rings. The number of halogens is 3. The molecule has 0 spiro atoms. The van der Waals surface area contributed by atoms with Crippen LogP contribution in [0.5, 0.6) is 5.75 Å². The smallest absolute Gasteiger partial charge is 0.143 e. The maximum absolute atomic E-state index is 6.38. The van der Waals surface area contributed by atoms with Crippen LogP contribution in [-0.2, 0) is 13.2 Å². The second kappa shape index (κ2) is 8.68. The number of ether oxygens (including phenoxy) is 1. The summed E-state index contributed by atoms with van der Waals surface area (Å²) in [6.07, 6.45) is 0. The van der Waals surface area contributed by atoms with Crippen molar-refractivity contribution in [3.63, 3.8) is 0 Å². The molecule has 0 heterocycles. The molecular weight excluding hydrogens is 389 g/mol. The van der Waals surface area contributed by atoms with Crippen molar-refractivity contribution in [1.82, 2.24) is 0 Å². The Bertz CT molecular complexity index is 897. The average molecular weight is 407 g/mol. The molecule has 0 atom stereocenters. The van der Waals surface area contributed by atoms with Crippen molar-refractivity contribution in [2.45, 2.75) is 20.1 Å². The van der Waals surface area contributed by atoms with Crippen LogP contribution < -0.4 is 10.1 Å². The van der Waals surface area contributed by atoms with Gasteiger partial charge in [-0.3, -0.25) is 0 Å². The topological polar surface area (TPSA) is 21.3 Å². The summed E-state index contributed by atoms with van der Waals surface area (Å²) in [6, 6.07) is 19.2. The van der Waals surface area contributed by atoms with E-state index < -0.39 is 0 Å². The van der Waals surface area contributed by atoms with Crippen LogP contribution in [-0.4, -0.2) is 0 Å². The standard InChI is InChI=1S/C21H18Cl3NO/c1-14-7-8-17(22)11-20(14)25-12-16-9-18(23)10-19(24)21(16)26-13-15-5-3-2-4-6-15/h2-11,25H,12-13H2,1H3. The van der Waals surface area contributed by atoms with Gasteiger partial charge < -0.3 is 10.1 Å². The Hall–Kier alpha value is -1.87. The predicted molar refractivity (Wildman–Crippen MR) is 111 cm³/mol. The van der Waals surface area contributed by atoms with Gasteiger partial charge in [-0.05, 0) is 42.3 Å². The van der Waals surface area contributed by atoms with Gasteiger partial charge in [0.05, 0.1) is 5.02 Å². The van der Waals surface area contributed by atoms with Crippen molar-refractivity contribution >= 4 is 40.5 Å². The number of rotatable bonds is 6. The van der Waals surface area contributed by atoms with Crippen LogP contribution in [0.3, 0.4) is 0 Å². The van der Waals surface area contributed by atoms with Crippen molar-refractivity contribution in [2.75, 3.05) is 5.32 Å². The van der Waals surface area contributed by atoms with E-state index in [0.29, 0.717) is 34.0 Å². The monoisotopic (exact) mass is 405 g/mol. The van der Waals surface area contributed by atoms with Gasteiger partial charge in [-0.25, -0.2) is 0 Å². The Morgan fingerprint density at radius 2 is 1.65 bits per heavy atom. The van der Waals surface area contributed by atoms with Gasteiger partial charge in [0.15, 0.2) is 0 Å². The zero-order chi connectivity index (χ0) is 18.5. The third-order valence-electron chi connectivity index (χ3n) is 3.98. The molecule has 2 nitrogen and oxygen atoms in total. The van der Waals surface area contributed by atoms with E-state index >= 15 is 0 Å². The molecule has 0 radical (unpaired) electrons. The molecule has 0 amide bonds. The maximum Gasteiger partial charge on any atom is 0.143 e. The van der Waals surface area contributed by atoms with Gasteiger partial charge in [-0.1, -0.05) is 71.2 Å². The normalized spacial score (nSPS) is 10.6. The summed E-state index contributed by atoms with van der Waals surface area (Å²) < 4.78 is 5.99. The van der Waals surface area contributed by atoms with E-state index in [9.17, 15) is 0 Å². The van der Waals surface area contributed by atoms with E-state index in [-0.39, 0.29) is 0 Å². The number of nitrogens with one attached hydrogen (secondary N) is 1. The third-order valence-corrected chi connectivity index (χ3v) is 4.71. The molecule has 0 bridgehead atoms. The quantitative estimate of drug-likeness (QED) is 0.469. The molecule has 5 heteroatoms. The highest BCUT2D eigenvalue weighted by atomic mass is 35.5. The van der Waals surface area contributed by atoms with Gasteiger partial charge in [-0.15, -0.1) is 0 Å². The van der Waals surface area contributed by atoms with Crippen molar-refractivity contribution in [3.8, 4) is 5.75 Å². The van der Waals surface area contributed by atoms with Crippen LogP contribution in [0.25, 0.3) is 0 Å². The van der Waals surface area contributed by atoms with E-state index in [2.05, 4.69) is 5.32 Å². The van der Waals surface area contributed by atoms with Crippen molar-refractivity contribution in [3.05, 3.63) is 92.4 Å². The Labute approximate surface area is 168 Å². The molecule has 0 unspecified atom stereocenters. The summed E-state index contributed by atoms with van der Waals surface area (Å²) >= 11 is 18.7. The maximum atomic E-state index is 6.38. The van der Waals surface area contributed by atoms with Gasteiger partial charge in [-0.2, -0.15) is 0 Å². The molecule has 1 N–H and O–H groups in total. The molecule has 0 saturated heterocycles. The molecule has 0 aromatic heterocycles. The van der Waals surface area contributed by atoms with E-state index in [4.69, 9.17) is 39.5 Å². The molecule has 134 valence electrons. The summed E-state index contributed by atoms with van der Waals surface area (Å²) in [5.41, 5.74) is 4.03. The lowest BCUT2D eigenvalue weighted by Gasteiger charge is -2.16. The fourth-order valence-electron chi connectivity index (χ4n) is 2.61. The number of benzene rings is 3. The summed E-state index contributed by atoms with van der Waals surface area (Å²) in [5.74, 6) is 0.632. The fraction of sp³-hybridized carbons (Fsp3) is 0.143. The second-order valence-electron chi connectivity index (χ2n) is 5.96. The average Bonchev–Trinajstić information content (AvgIpc) is 2.62. The SMILES string of the molecule is Cc1ccc(Cl)cc1NCc1cc(Cl)cc(Cl)c1OCc1ccccc1. The number of aryl methyl sites for hydroxylation is 1. The van der Waals surface area contributed by atoms with Crippen molar-refractivity contribution in [2.24, 2.45) is 0 Å². The van der Waals surface area contributed by atoms with E-state index in [1.807, 2.05) is 61.5 Å². The Balaban J connectivity index is 1.80. The van der Waals surface area contributed by atoms with Gasteiger partial charge in [0.25, 0.3) is 0 Å². The molecule has 0 fully saturated rings. The first-order chi connectivity index (χ1) is 12.5. The number of hydrogen-bond donors (Lipinski definition) is 1. The third kappa shape index (κ3) is 4.85. The minimum Gasteiger partial charge on any atom is -0.487 e. The van der Waals surface area contributed by atoms with E-state index in [0.717, 1.165) is 22.4 Å². The molecule has 3 rings (SSSR count). The van der Waals surface area contributed by atoms with Crippen LogP contribution in [0.2, 0.25) is 15.1 Å². The van der Waals surface area contributed by atoms with Crippen LogP contribution in [0, 0.1) is 6.92 Å². The molecule has 3 aromatic rings. The Kier molecular flexibility index (Phi) is 6.31. The van der Waals surface area contributed by atoms with Gasteiger partial charge in [0.2, 0.25) is 0 Å². The van der Waals surface area contributed by atoms with Gasteiger partial charge >= 0.3 is 0 Å². The predicted octanol–water partition coefficient (Wildman–Crippen LogP) is 7.15. The lowest BCUT2D eigenvalue weighted by molar-refractivity contribution is 0.303. The van der Waals surface area contributed by atoms with Crippen LogP contribution in [0.15, 0.2) is 60.7 Å². The minimum absolute atomic E-state index is 0.436. The zero-order valence-corrected chi connectivity index (χ0v) is 16.5. The van der Waals surface area contributed by atoms with Crippen LogP contribution in [0.4, 0.5) is 5.69 Å². The molecule has 26 heavy (non-hydrogen) atoms. The fourth-order valence-corrected chi connectivity index (χ4v) is 3.37. The minimum atomic E-state index is 0.436. The highest BCUT2D eigenvalue weighted by molar-refractivity contribution is 6.35. The second-order valence-corrected chi connectivity index (χ2v) is 7.24. The molecule has 0 saturated carbocycles. The van der Waals surface area contributed by atoms with Crippen LogP contribution >= 0.6 is 34.8 Å². The molecule has 3 aromatic carbocycles. The largest absolute Gasteiger partial charge is 0.487 e. The van der Waals surface area contributed by atoms with Crippen LogP contribution in [0.1, 0.15) is 16.7 Å². The number of hydrogen-bond acceptors (Lipinski definition) is 2. The van der Waals surface area contributed by atoms with E-state index in [1.165, 1.54) is 0 Å². The first kappa shape index (κ1) is 18.9. The Morgan fingerprint density at radius 1 is 0.885 bits per heavy atom. The highest BCUT2D eigenvalue weighted by Crippen LogP contribution is 2.34. The van der Waals surface area contributed by atoms with Gasteiger partial charge in [0, 0.05) is 27.8 Å². The first-order valence-corrected chi connectivity index (χ1v) is 9.31. The number of anilines is 1. The van der Waals surface area contributed by atoms with Crippen molar-refractivity contribution in [1.29, 1.82) is 0 Å². The molecule has 0 aliphatic heterocycles. The summed E-state index contributed by atoms with van der Waals surface area (Å²) in [5, 5.41) is 5.13. The lowest BCUT2D eigenvalue weighted by atomic mass is 10.1. The summed E-state index contributed by atoms with van der Waals surface area (Å²) in [7, 11) is 0. The Morgan fingerprint density at radius 3 is 2.42 bits per heavy atom. The van der Waals surface area contributed by atoms with Crippen molar-refractivity contribution < 1.29 is 4.74 Å². The molecular formula is C21H18Cl3NO.